The summed E-state index contributed by atoms with van der Waals surface area (Å²) in [4.78, 5) is 19.8. The van der Waals surface area contributed by atoms with Crippen molar-refractivity contribution in [2.75, 3.05) is 7.05 Å². The van der Waals surface area contributed by atoms with Crippen molar-refractivity contribution in [1.82, 2.24) is 15.0 Å². The van der Waals surface area contributed by atoms with Gasteiger partial charge in [-0.1, -0.05) is 48.5 Å². The van der Waals surface area contributed by atoms with Crippen molar-refractivity contribution in [2.24, 2.45) is 0 Å². The van der Waals surface area contributed by atoms with Gasteiger partial charge in [-0.3, -0.25) is 4.79 Å². The van der Waals surface area contributed by atoms with Crippen molar-refractivity contribution in [2.45, 2.75) is 26.0 Å². The summed E-state index contributed by atoms with van der Waals surface area (Å²) in [6.45, 7) is 2.16. The molecule has 1 atom stereocenters. The molecule has 6 nitrogen and oxygen atoms in total. The van der Waals surface area contributed by atoms with Gasteiger partial charge in [0.15, 0.2) is 6.10 Å². The molecule has 2 aromatic carbocycles. The second-order valence-corrected chi connectivity index (χ2v) is 7.65. The zero-order valence-corrected chi connectivity index (χ0v) is 17.1. The van der Waals surface area contributed by atoms with Crippen molar-refractivity contribution in [3.63, 3.8) is 0 Å². The Balaban J connectivity index is 1.43. The molecule has 2 aromatic heterocycles. The Morgan fingerprint density at radius 1 is 1.17 bits per heavy atom. The molecule has 1 unspecified atom stereocenters. The van der Waals surface area contributed by atoms with Gasteiger partial charge in [-0.15, -0.1) is 11.3 Å². The Labute approximate surface area is 172 Å². The molecule has 0 saturated heterocycles. The first-order chi connectivity index (χ1) is 14.1. The molecule has 148 valence electrons. The van der Waals surface area contributed by atoms with Crippen LogP contribution >= 0.6 is 11.3 Å². The third-order valence-corrected chi connectivity index (χ3v) is 5.47. The number of carbonyl (C=O) groups is 1. The minimum absolute atomic E-state index is 0.128. The highest BCUT2D eigenvalue weighted by Gasteiger charge is 2.24. The molecule has 0 saturated carbocycles. The second-order valence-electron chi connectivity index (χ2n) is 6.71. The number of amides is 1. The first-order valence-electron chi connectivity index (χ1n) is 9.41. The van der Waals surface area contributed by atoms with Gasteiger partial charge >= 0.3 is 0 Å². The molecule has 7 heteroatoms. The highest BCUT2D eigenvalue weighted by Crippen LogP contribution is 2.23. The van der Waals surface area contributed by atoms with E-state index in [1.165, 1.54) is 11.3 Å². The standard InChI is InChI=1S/C22H21N3O3S/c1-3-18(27-17-11-10-15-7-4-5-8-16(15)13-17)22(26)25(2)14-20-23-21(24-28-20)19-9-6-12-29-19/h4-13,18H,3,14H2,1-2H3. The SMILES string of the molecule is CCC(Oc1ccc2ccccc2c1)C(=O)N(C)Cc1nc(-c2cccs2)no1. The van der Waals surface area contributed by atoms with E-state index in [-0.39, 0.29) is 12.5 Å². The predicted molar refractivity (Wildman–Crippen MR) is 113 cm³/mol. The molecule has 2 heterocycles. The van der Waals surface area contributed by atoms with Crippen LogP contribution in [-0.4, -0.2) is 34.1 Å². The fourth-order valence-electron chi connectivity index (χ4n) is 3.06. The first kappa shape index (κ1) is 19.1. The molecule has 0 bridgehead atoms. The van der Waals surface area contributed by atoms with Crippen LogP contribution in [0.2, 0.25) is 0 Å². The lowest BCUT2D eigenvalue weighted by Gasteiger charge is -2.22. The smallest absolute Gasteiger partial charge is 0.263 e. The Kier molecular flexibility index (Phi) is 5.57. The third-order valence-electron chi connectivity index (χ3n) is 4.60. The van der Waals surface area contributed by atoms with Crippen molar-refractivity contribution in [3.8, 4) is 16.5 Å². The molecule has 29 heavy (non-hydrogen) atoms. The molecular weight excluding hydrogens is 386 g/mol. The Bertz CT molecular complexity index is 1110. The molecule has 0 aliphatic heterocycles. The second kappa shape index (κ2) is 8.45. The number of rotatable bonds is 7. The number of hydrogen-bond donors (Lipinski definition) is 0. The van der Waals surface area contributed by atoms with Gasteiger partial charge in [-0.2, -0.15) is 4.98 Å². The Morgan fingerprint density at radius 3 is 2.76 bits per heavy atom. The van der Waals surface area contributed by atoms with Gasteiger partial charge in [0.25, 0.3) is 5.91 Å². The summed E-state index contributed by atoms with van der Waals surface area (Å²) >= 11 is 1.54. The van der Waals surface area contributed by atoms with Crippen molar-refractivity contribution >= 4 is 28.0 Å². The number of likely N-dealkylation sites (N-methyl/N-ethyl adjacent to an activating group) is 1. The molecule has 0 fully saturated rings. The molecule has 1 amide bonds. The van der Waals surface area contributed by atoms with Gasteiger partial charge < -0.3 is 14.2 Å². The summed E-state index contributed by atoms with van der Waals surface area (Å²) in [5.41, 5.74) is 0. The van der Waals surface area contributed by atoms with Gasteiger partial charge in [0.05, 0.1) is 11.4 Å². The Hall–Kier alpha value is -3.19. The molecule has 4 aromatic rings. The van der Waals surface area contributed by atoms with Gasteiger partial charge in [-0.25, -0.2) is 0 Å². The van der Waals surface area contributed by atoms with E-state index in [9.17, 15) is 4.79 Å². The highest BCUT2D eigenvalue weighted by molar-refractivity contribution is 7.13. The van der Waals surface area contributed by atoms with Crippen LogP contribution in [0.15, 0.2) is 64.5 Å². The van der Waals surface area contributed by atoms with Gasteiger partial charge in [0.2, 0.25) is 11.7 Å². The number of thiophene rings is 1. The molecule has 0 N–H and O–H groups in total. The van der Waals surface area contributed by atoms with Crippen LogP contribution in [0.25, 0.3) is 21.5 Å². The summed E-state index contributed by atoms with van der Waals surface area (Å²) in [6, 6.07) is 17.8. The molecule has 4 rings (SSSR count). The minimum atomic E-state index is -0.583. The zero-order valence-electron chi connectivity index (χ0n) is 16.2. The van der Waals surface area contributed by atoms with E-state index in [0.29, 0.717) is 23.9 Å². The van der Waals surface area contributed by atoms with Crippen LogP contribution in [0, 0.1) is 0 Å². The number of aromatic nitrogens is 2. The monoisotopic (exact) mass is 407 g/mol. The van der Waals surface area contributed by atoms with Crippen LogP contribution in [0.4, 0.5) is 0 Å². The van der Waals surface area contributed by atoms with E-state index in [0.717, 1.165) is 15.6 Å². The minimum Gasteiger partial charge on any atom is -0.481 e. The number of benzene rings is 2. The average Bonchev–Trinajstić information content (AvgIpc) is 3.43. The van der Waals surface area contributed by atoms with E-state index in [1.807, 2.05) is 66.9 Å². The fourth-order valence-corrected chi connectivity index (χ4v) is 3.71. The topological polar surface area (TPSA) is 68.5 Å². The average molecular weight is 407 g/mol. The number of nitrogens with zero attached hydrogens (tertiary/aromatic N) is 3. The van der Waals surface area contributed by atoms with Crippen LogP contribution in [0.1, 0.15) is 19.2 Å². The molecule has 0 aliphatic carbocycles. The summed E-state index contributed by atoms with van der Waals surface area (Å²) < 4.78 is 11.3. The number of ether oxygens (including phenoxy) is 1. The predicted octanol–water partition coefficient (Wildman–Crippen LogP) is 4.77. The number of fused-ring (bicyclic) bond motifs is 1. The Morgan fingerprint density at radius 2 is 2.00 bits per heavy atom. The van der Waals surface area contributed by atoms with E-state index in [4.69, 9.17) is 9.26 Å². The molecule has 0 radical (unpaired) electrons. The number of hydrogen-bond acceptors (Lipinski definition) is 6. The lowest BCUT2D eigenvalue weighted by molar-refractivity contribution is -0.138. The number of carbonyl (C=O) groups excluding carboxylic acids is 1. The largest absolute Gasteiger partial charge is 0.481 e. The van der Waals surface area contributed by atoms with Crippen LogP contribution < -0.4 is 4.74 Å². The van der Waals surface area contributed by atoms with Crippen LogP contribution in [0.5, 0.6) is 5.75 Å². The molecular formula is C22H21N3O3S. The third kappa shape index (κ3) is 4.30. The van der Waals surface area contributed by atoms with Gasteiger partial charge in [0, 0.05) is 7.05 Å². The van der Waals surface area contributed by atoms with Crippen molar-refractivity contribution in [3.05, 3.63) is 65.9 Å². The maximum Gasteiger partial charge on any atom is 0.263 e. The molecule has 0 aliphatic rings. The van der Waals surface area contributed by atoms with E-state index < -0.39 is 6.10 Å². The lowest BCUT2D eigenvalue weighted by atomic mass is 10.1. The van der Waals surface area contributed by atoms with E-state index >= 15 is 0 Å². The van der Waals surface area contributed by atoms with Crippen LogP contribution in [-0.2, 0) is 11.3 Å². The van der Waals surface area contributed by atoms with E-state index in [2.05, 4.69) is 10.1 Å². The summed E-state index contributed by atoms with van der Waals surface area (Å²) in [6.07, 6.45) is -0.0267. The maximum atomic E-state index is 12.9. The fraction of sp³-hybridized carbons (Fsp3) is 0.227. The maximum absolute atomic E-state index is 12.9. The summed E-state index contributed by atoms with van der Waals surface area (Å²) in [5.74, 6) is 1.48. The quantitative estimate of drug-likeness (QED) is 0.441. The van der Waals surface area contributed by atoms with Gasteiger partial charge in [0.1, 0.15) is 5.75 Å². The zero-order chi connectivity index (χ0) is 20.2. The molecule has 0 spiro atoms. The van der Waals surface area contributed by atoms with Crippen LogP contribution in [0.3, 0.4) is 0 Å². The summed E-state index contributed by atoms with van der Waals surface area (Å²) in [7, 11) is 1.71. The lowest BCUT2D eigenvalue weighted by Crippen LogP contribution is -2.39. The summed E-state index contributed by atoms with van der Waals surface area (Å²) in [5, 5.41) is 8.15. The van der Waals surface area contributed by atoms with Crippen molar-refractivity contribution in [1.29, 1.82) is 0 Å². The van der Waals surface area contributed by atoms with E-state index in [1.54, 1.807) is 11.9 Å². The first-order valence-corrected chi connectivity index (χ1v) is 10.3. The normalized spacial score (nSPS) is 12.1. The highest BCUT2D eigenvalue weighted by atomic mass is 32.1. The van der Waals surface area contributed by atoms with Gasteiger partial charge in [-0.05, 0) is 40.8 Å². The van der Waals surface area contributed by atoms with Crippen molar-refractivity contribution < 1.29 is 14.1 Å².